The molecule has 9 aliphatic carbocycles. The van der Waals surface area contributed by atoms with Crippen molar-refractivity contribution in [1.82, 2.24) is 0 Å². The molecule has 0 atom stereocenters. The minimum atomic E-state index is -0.326. The Morgan fingerprint density at radius 2 is 0.462 bits per heavy atom. The molecule has 8 fully saturated rings. The molecule has 4 aromatic carbocycles. The molecular formula is C74H100O4. The molecule has 0 N–H and O–H groups in total. The van der Waals surface area contributed by atoms with Crippen molar-refractivity contribution in [2.24, 2.45) is 0 Å². The molecule has 4 heteroatoms. The Bertz CT molecular complexity index is 2620. The van der Waals surface area contributed by atoms with E-state index in [4.69, 9.17) is 9.47 Å². The first kappa shape index (κ1) is 53.6. The Kier molecular flexibility index (Phi) is 16.5. The molecule has 0 amide bonds. The molecule has 0 aliphatic heterocycles. The number of methoxy groups -OCH3 is 2. The van der Waals surface area contributed by atoms with E-state index in [1.165, 1.54) is 253 Å². The second kappa shape index (κ2) is 24.0. The van der Waals surface area contributed by atoms with Crippen LogP contribution in [0, 0.1) is 0 Å². The van der Waals surface area contributed by atoms with Gasteiger partial charge in [0.05, 0.1) is 25.3 Å². The van der Waals surface area contributed by atoms with E-state index in [9.17, 15) is 9.59 Å². The van der Waals surface area contributed by atoms with Crippen molar-refractivity contribution in [1.29, 1.82) is 0 Å². The normalized spacial score (nSPS) is 23.6. The minimum absolute atomic E-state index is 0.236. The molecule has 13 rings (SSSR count). The lowest BCUT2D eigenvalue weighted by Crippen LogP contribution is -2.29. The van der Waals surface area contributed by atoms with Gasteiger partial charge in [0.1, 0.15) is 0 Å². The van der Waals surface area contributed by atoms with Gasteiger partial charge in [0.15, 0.2) is 0 Å². The van der Waals surface area contributed by atoms with Crippen LogP contribution in [-0.4, -0.2) is 26.2 Å². The van der Waals surface area contributed by atoms with Gasteiger partial charge in [-0.2, -0.15) is 0 Å². The van der Waals surface area contributed by atoms with Crippen LogP contribution in [0.2, 0.25) is 0 Å². The molecule has 78 heavy (non-hydrogen) atoms. The van der Waals surface area contributed by atoms with E-state index in [1.54, 1.807) is 58.0 Å². The lowest BCUT2D eigenvalue weighted by Gasteiger charge is -2.41. The second-order valence-corrected chi connectivity index (χ2v) is 27.9. The summed E-state index contributed by atoms with van der Waals surface area (Å²) in [6, 6.07) is 6.00. The van der Waals surface area contributed by atoms with Crippen LogP contribution in [0.15, 0.2) is 12.1 Å². The summed E-state index contributed by atoms with van der Waals surface area (Å²) in [5.74, 6) is 3.64. The summed E-state index contributed by atoms with van der Waals surface area (Å²) in [6.07, 6.45) is 54.2. The number of carbonyl (C=O) groups is 2. The molecule has 0 spiro atoms. The van der Waals surface area contributed by atoms with Crippen LogP contribution < -0.4 is 0 Å². The number of esters is 2. The van der Waals surface area contributed by atoms with Crippen LogP contribution in [-0.2, 0) is 22.3 Å². The number of rotatable bonds is 10. The number of benzene rings is 4. The zero-order valence-corrected chi connectivity index (χ0v) is 49.1. The van der Waals surface area contributed by atoms with Crippen LogP contribution in [0.25, 0.3) is 21.5 Å². The van der Waals surface area contributed by atoms with Crippen molar-refractivity contribution in [2.45, 2.75) is 317 Å². The standard InChI is InChI=1S/C74H100O4/c1-77-73(75)71-67(51-35-19-7-20-36-51)61-45-57-58(46-62(61)68(72(71)74(76)78-2)52-37-21-8-22-38-52)64(48-29-13-4-14-30-48)56-44-60-59(43-55(56)63(57)47-27-11-3-12-28-47)65(49-31-15-5-16-32-49)69(53-39-23-9-24-40-53)70(54-41-25-10-26-42-54)66(60)50-33-17-6-18-34-50/h43-44,47-54H,3-42,45-46H2,1-2H3. The fourth-order valence-corrected chi connectivity index (χ4v) is 20.1. The smallest absolute Gasteiger partial charge is 0.339 e. The maximum Gasteiger partial charge on any atom is 0.339 e. The Hall–Kier alpha value is -3.66. The monoisotopic (exact) mass is 1050 g/mol. The molecule has 4 aromatic rings. The fourth-order valence-electron chi connectivity index (χ4n) is 20.1. The summed E-state index contributed by atoms with van der Waals surface area (Å²) < 4.78 is 11.8. The van der Waals surface area contributed by atoms with E-state index in [1.807, 2.05) is 22.3 Å². The predicted octanol–water partition coefficient (Wildman–Crippen LogP) is 21.4. The van der Waals surface area contributed by atoms with Gasteiger partial charge in [-0.15, -0.1) is 0 Å². The van der Waals surface area contributed by atoms with Crippen LogP contribution in [0.1, 0.15) is 392 Å². The van der Waals surface area contributed by atoms with E-state index in [0.29, 0.717) is 46.6 Å². The molecule has 0 radical (unpaired) electrons. The van der Waals surface area contributed by atoms with Crippen molar-refractivity contribution in [3.05, 3.63) is 90.0 Å². The van der Waals surface area contributed by atoms with Gasteiger partial charge in [0, 0.05) is 0 Å². The van der Waals surface area contributed by atoms with Crippen molar-refractivity contribution in [2.75, 3.05) is 14.2 Å². The van der Waals surface area contributed by atoms with Crippen LogP contribution >= 0.6 is 0 Å². The molecule has 0 saturated heterocycles. The highest BCUT2D eigenvalue weighted by Gasteiger charge is 2.43. The minimum Gasteiger partial charge on any atom is -0.465 e. The third-order valence-corrected chi connectivity index (χ3v) is 23.6. The highest BCUT2D eigenvalue weighted by molar-refractivity contribution is 6.08. The molecular weight excluding hydrogens is 953 g/mol. The largest absolute Gasteiger partial charge is 0.465 e. The third kappa shape index (κ3) is 9.95. The molecule has 8 saturated carbocycles. The van der Waals surface area contributed by atoms with Crippen molar-refractivity contribution in [3.63, 3.8) is 0 Å². The van der Waals surface area contributed by atoms with E-state index < -0.39 is 0 Å². The molecule has 420 valence electrons. The number of fused-ring (bicyclic) bond motifs is 4. The number of ether oxygens (including phenoxy) is 2. The molecule has 4 nitrogen and oxygen atoms in total. The zero-order chi connectivity index (χ0) is 52.7. The Morgan fingerprint density at radius 1 is 0.269 bits per heavy atom. The van der Waals surface area contributed by atoms with E-state index in [-0.39, 0.29) is 23.8 Å². The van der Waals surface area contributed by atoms with Crippen molar-refractivity contribution >= 4 is 33.5 Å². The van der Waals surface area contributed by atoms with E-state index in [2.05, 4.69) is 12.1 Å². The summed E-state index contributed by atoms with van der Waals surface area (Å²) >= 11 is 0. The average molecular weight is 1050 g/mol. The third-order valence-electron chi connectivity index (χ3n) is 23.6. The number of carbonyl (C=O) groups excluding carboxylic acids is 2. The summed E-state index contributed by atoms with van der Waals surface area (Å²) in [5, 5.41) is 6.73. The fraction of sp³-hybridized carbons (Fsp3) is 0.703. The first-order valence-electron chi connectivity index (χ1n) is 34.0. The highest BCUT2D eigenvalue weighted by atomic mass is 16.5. The van der Waals surface area contributed by atoms with Crippen LogP contribution in [0.3, 0.4) is 0 Å². The SMILES string of the molecule is COC(=O)c1c(C(=O)OC)c(C2CCCCC2)c2c(c1C1CCCCC1)Cc1c(c(C3CCCCC3)c3cc4c(C5CCCCC5)c(C5CCCCC5)c(C5CCCCC5)c(C5CCCCC5)c4cc3c1C1CCCCC1)C2. The first-order chi connectivity index (χ1) is 38.5. The van der Waals surface area contributed by atoms with Gasteiger partial charge in [-0.25, -0.2) is 9.59 Å². The summed E-state index contributed by atoms with van der Waals surface area (Å²) in [4.78, 5) is 29.8. The van der Waals surface area contributed by atoms with Gasteiger partial charge in [-0.3, -0.25) is 0 Å². The van der Waals surface area contributed by atoms with Crippen molar-refractivity contribution in [3.8, 4) is 0 Å². The Morgan fingerprint density at radius 3 is 0.705 bits per heavy atom. The maximum absolute atomic E-state index is 14.9. The van der Waals surface area contributed by atoms with Gasteiger partial charge in [0.2, 0.25) is 0 Å². The summed E-state index contributed by atoms with van der Waals surface area (Å²) in [5.41, 5.74) is 20.8. The van der Waals surface area contributed by atoms with Gasteiger partial charge in [0.25, 0.3) is 0 Å². The Balaban J connectivity index is 1.18. The lowest BCUT2D eigenvalue weighted by molar-refractivity contribution is 0.0551. The van der Waals surface area contributed by atoms with Gasteiger partial charge < -0.3 is 9.47 Å². The first-order valence-corrected chi connectivity index (χ1v) is 34.0. The lowest BCUT2D eigenvalue weighted by atomic mass is 9.63. The maximum atomic E-state index is 14.9. The Labute approximate surface area is 471 Å². The summed E-state index contributed by atoms with van der Waals surface area (Å²) in [6.45, 7) is 0. The van der Waals surface area contributed by atoms with E-state index >= 15 is 0 Å². The highest BCUT2D eigenvalue weighted by Crippen LogP contribution is 2.58. The van der Waals surface area contributed by atoms with Gasteiger partial charge >= 0.3 is 11.9 Å². The quantitative estimate of drug-likeness (QED) is 0.103. The second-order valence-electron chi connectivity index (χ2n) is 27.9. The van der Waals surface area contributed by atoms with Crippen molar-refractivity contribution < 1.29 is 19.1 Å². The molecule has 9 aliphatic rings. The van der Waals surface area contributed by atoms with Gasteiger partial charge in [-0.1, -0.05) is 154 Å². The van der Waals surface area contributed by atoms with E-state index in [0.717, 1.165) is 38.5 Å². The predicted molar refractivity (Wildman–Crippen MR) is 323 cm³/mol. The number of hydrogen-bond acceptors (Lipinski definition) is 4. The number of hydrogen-bond donors (Lipinski definition) is 0. The molecule has 0 heterocycles. The zero-order valence-electron chi connectivity index (χ0n) is 49.1. The topological polar surface area (TPSA) is 52.6 Å². The molecule has 0 aromatic heterocycles. The summed E-state index contributed by atoms with van der Waals surface area (Å²) in [7, 11) is 3.10. The van der Waals surface area contributed by atoms with Crippen LogP contribution in [0.5, 0.6) is 0 Å². The average Bonchev–Trinajstić information content (AvgIpc) is 3.70. The molecule has 0 unspecified atom stereocenters. The van der Waals surface area contributed by atoms with Crippen LogP contribution in [0.4, 0.5) is 0 Å². The van der Waals surface area contributed by atoms with Gasteiger partial charge in [-0.05, 0) is 263 Å². The molecule has 0 bridgehead atoms.